The van der Waals surface area contributed by atoms with E-state index in [1.807, 2.05) is 12.1 Å². The highest BCUT2D eigenvalue weighted by atomic mass is 79.9. The summed E-state index contributed by atoms with van der Waals surface area (Å²) < 4.78 is 0.738. The summed E-state index contributed by atoms with van der Waals surface area (Å²) in [6, 6.07) is 7.01. The number of nitrogens with zero attached hydrogens (tertiary/aromatic N) is 2. The molecule has 2 heterocycles. The zero-order chi connectivity index (χ0) is 14.4. The molecule has 0 unspecified atom stereocenters. The average Bonchev–Trinajstić information content (AvgIpc) is 2.47. The Morgan fingerprint density at radius 3 is 2.75 bits per heavy atom. The van der Waals surface area contributed by atoms with Crippen molar-refractivity contribution in [2.45, 2.75) is 12.5 Å². The fourth-order valence-corrected chi connectivity index (χ4v) is 2.21. The number of rotatable bonds is 5. The number of hydrogen-bond acceptors (Lipinski definition) is 3. The van der Waals surface area contributed by atoms with Crippen LogP contribution in [-0.2, 0) is 0 Å². The number of carbonyl (C=O) groups excluding carboxylic acids is 1. The quantitative estimate of drug-likeness (QED) is 0.675. The largest absolute Gasteiger partial charge is 0.345 e. The molecule has 4 nitrogen and oxygen atoms in total. The first-order valence-electron chi connectivity index (χ1n) is 6.14. The van der Waals surface area contributed by atoms with Crippen molar-refractivity contribution in [1.29, 1.82) is 0 Å². The molecule has 1 N–H and O–H groups in total. The van der Waals surface area contributed by atoms with Crippen LogP contribution in [0.15, 0.2) is 60.1 Å². The molecular formula is C15H14BrN3O. The number of carbonyl (C=O) groups is 1. The third kappa shape index (κ3) is 3.74. The molecule has 2 rings (SSSR count). The van der Waals surface area contributed by atoms with Crippen molar-refractivity contribution in [3.8, 4) is 0 Å². The van der Waals surface area contributed by atoms with Crippen LogP contribution in [-0.4, -0.2) is 15.9 Å². The Kier molecular flexibility index (Phi) is 5.01. The van der Waals surface area contributed by atoms with Crippen LogP contribution in [0.25, 0.3) is 0 Å². The molecule has 20 heavy (non-hydrogen) atoms. The summed E-state index contributed by atoms with van der Waals surface area (Å²) in [5.41, 5.74) is 1.57. The molecule has 0 aliphatic carbocycles. The number of halogens is 1. The summed E-state index contributed by atoms with van der Waals surface area (Å²) in [5, 5.41) is 2.99. The van der Waals surface area contributed by atoms with Crippen LogP contribution in [0.4, 0.5) is 0 Å². The van der Waals surface area contributed by atoms with Gasteiger partial charge in [-0.1, -0.05) is 6.08 Å². The number of nitrogens with one attached hydrogen (secondary N) is 1. The first-order valence-corrected chi connectivity index (χ1v) is 6.93. The number of hydrogen-bond donors (Lipinski definition) is 1. The SMILES string of the molecule is C=CC[C@H](NC(=O)c1ccncc1)c1ccnc(Br)c1. The second-order valence-corrected chi connectivity index (χ2v) is 5.01. The molecule has 0 bridgehead atoms. The van der Waals surface area contributed by atoms with E-state index in [2.05, 4.69) is 37.8 Å². The Bertz CT molecular complexity index is 601. The Morgan fingerprint density at radius 1 is 1.35 bits per heavy atom. The maximum absolute atomic E-state index is 12.2. The lowest BCUT2D eigenvalue weighted by Crippen LogP contribution is -2.28. The minimum Gasteiger partial charge on any atom is -0.345 e. The molecule has 2 aromatic rings. The van der Waals surface area contributed by atoms with E-state index in [9.17, 15) is 4.79 Å². The predicted octanol–water partition coefficient (Wildman–Crippen LogP) is 3.29. The van der Waals surface area contributed by atoms with Gasteiger partial charge in [0.25, 0.3) is 5.91 Å². The van der Waals surface area contributed by atoms with Crippen LogP contribution in [0.5, 0.6) is 0 Å². The molecule has 2 aromatic heterocycles. The second-order valence-electron chi connectivity index (χ2n) is 4.20. The third-order valence-electron chi connectivity index (χ3n) is 2.80. The predicted molar refractivity (Wildman–Crippen MR) is 81.2 cm³/mol. The summed E-state index contributed by atoms with van der Waals surface area (Å²) >= 11 is 3.33. The highest BCUT2D eigenvalue weighted by Crippen LogP contribution is 2.20. The Morgan fingerprint density at radius 2 is 2.10 bits per heavy atom. The average molecular weight is 332 g/mol. The minimum absolute atomic E-state index is 0.132. The van der Waals surface area contributed by atoms with Crippen LogP contribution in [0.1, 0.15) is 28.4 Å². The fraction of sp³-hybridized carbons (Fsp3) is 0.133. The summed E-state index contributed by atoms with van der Waals surface area (Å²) in [6.07, 6.45) is 7.33. The zero-order valence-electron chi connectivity index (χ0n) is 10.8. The zero-order valence-corrected chi connectivity index (χ0v) is 12.4. The van der Waals surface area contributed by atoms with Gasteiger partial charge in [-0.25, -0.2) is 4.98 Å². The molecule has 1 amide bonds. The van der Waals surface area contributed by atoms with Crippen molar-refractivity contribution >= 4 is 21.8 Å². The van der Waals surface area contributed by atoms with Crippen LogP contribution >= 0.6 is 15.9 Å². The molecule has 102 valence electrons. The maximum atomic E-state index is 12.2. The molecule has 0 aromatic carbocycles. The highest BCUT2D eigenvalue weighted by Gasteiger charge is 2.14. The van der Waals surface area contributed by atoms with Crippen molar-refractivity contribution in [2.75, 3.05) is 0 Å². The van der Waals surface area contributed by atoms with Gasteiger partial charge in [-0.2, -0.15) is 0 Å². The second kappa shape index (κ2) is 6.96. The van der Waals surface area contributed by atoms with Gasteiger partial charge in [0.2, 0.25) is 0 Å². The van der Waals surface area contributed by atoms with Crippen LogP contribution in [0.2, 0.25) is 0 Å². The third-order valence-corrected chi connectivity index (χ3v) is 3.24. The van der Waals surface area contributed by atoms with Crippen molar-refractivity contribution in [3.63, 3.8) is 0 Å². The molecule has 0 aliphatic heterocycles. The van der Waals surface area contributed by atoms with E-state index in [-0.39, 0.29) is 11.9 Å². The molecule has 0 saturated carbocycles. The Balaban J connectivity index is 2.18. The van der Waals surface area contributed by atoms with Gasteiger partial charge in [0.1, 0.15) is 4.60 Å². The van der Waals surface area contributed by atoms with Gasteiger partial charge in [-0.05, 0) is 52.2 Å². The lowest BCUT2D eigenvalue weighted by molar-refractivity contribution is 0.0937. The summed E-state index contributed by atoms with van der Waals surface area (Å²) in [7, 11) is 0. The van der Waals surface area contributed by atoms with E-state index in [1.54, 1.807) is 36.8 Å². The molecule has 5 heteroatoms. The molecule has 1 atom stereocenters. The van der Waals surface area contributed by atoms with E-state index in [4.69, 9.17) is 0 Å². The van der Waals surface area contributed by atoms with E-state index in [0.717, 1.165) is 10.2 Å². The van der Waals surface area contributed by atoms with E-state index < -0.39 is 0 Å². The van der Waals surface area contributed by atoms with Gasteiger partial charge < -0.3 is 5.32 Å². The molecule has 0 spiro atoms. The number of amides is 1. The topological polar surface area (TPSA) is 54.9 Å². The van der Waals surface area contributed by atoms with Gasteiger partial charge in [0.05, 0.1) is 6.04 Å². The van der Waals surface area contributed by atoms with Crippen molar-refractivity contribution < 1.29 is 4.79 Å². The smallest absolute Gasteiger partial charge is 0.251 e. The lowest BCUT2D eigenvalue weighted by Gasteiger charge is -2.17. The van der Waals surface area contributed by atoms with Crippen LogP contribution in [0.3, 0.4) is 0 Å². The summed E-state index contributed by atoms with van der Waals surface area (Å²) in [5.74, 6) is -0.132. The van der Waals surface area contributed by atoms with Gasteiger partial charge in [-0.15, -0.1) is 6.58 Å². The Hall–Kier alpha value is -2.01. The van der Waals surface area contributed by atoms with Gasteiger partial charge in [0.15, 0.2) is 0 Å². The van der Waals surface area contributed by atoms with Gasteiger partial charge in [0, 0.05) is 24.2 Å². The minimum atomic E-state index is -0.132. The van der Waals surface area contributed by atoms with E-state index in [0.29, 0.717) is 12.0 Å². The van der Waals surface area contributed by atoms with Gasteiger partial charge in [-0.3, -0.25) is 9.78 Å². The summed E-state index contributed by atoms with van der Waals surface area (Å²) in [6.45, 7) is 3.74. The standard InChI is InChI=1S/C15H14BrN3O/c1-2-3-13(12-6-9-18-14(16)10-12)19-15(20)11-4-7-17-8-5-11/h2,4-10,13H,1,3H2,(H,19,20)/t13-/m0/s1. The van der Waals surface area contributed by atoms with Crippen LogP contribution < -0.4 is 5.32 Å². The molecule has 0 saturated heterocycles. The molecule has 0 aliphatic rings. The Labute approximate surface area is 126 Å². The van der Waals surface area contributed by atoms with Crippen molar-refractivity contribution in [2.24, 2.45) is 0 Å². The van der Waals surface area contributed by atoms with Crippen molar-refractivity contribution in [3.05, 3.63) is 71.2 Å². The first-order chi connectivity index (χ1) is 9.70. The molecule has 0 fully saturated rings. The highest BCUT2D eigenvalue weighted by molar-refractivity contribution is 9.10. The number of pyridine rings is 2. The molecule has 0 radical (unpaired) electrons. The first kappa shape index (κ1) is 14.4. The van der Waals surface area contributed by atoms with E-state index in [1.165, 1.54) is 0 Å². The molecular weight excluding hydrogens is 318 g/mol. The van der Waals surface area contributed by atoms with Crippen molar-refractivity contribution in [1.82, 2.24) is 15.3 Å². The van der Waals surface area contributed by atoms with E-state index >= 15 is 0 Å². The monoisotopic (exact) mass is 331 g/mol. The lowest BCUT2D eigenvalue weighted by atomic mass is 10.0. The number of aromatic nitrogens is 2. The summed E-state index contributed by atoms with van der Waals surface area (Å²) in [4.78, 5) is 20.2. The van der Waals surface area contributed by atoms with Gasteiger partial charge >= 0.3 is 0 Å². The maximum Gasteiger partial charge on any atom is 0.251 e. The normalized spacial score (nSPS) is 11.7. The van der Waals surface area contributed by atoms with Crippen LogP contribution in [0, 0.1) is 0 Å². The fourth-order valence-electron chi connectivity index (χ4n) is 1.82.